The fourth-order valence-corrected chi connectivity index (χ4v) is 14.5. The van der Waals surface area contributed by atoms with Crippen LogP contribution in [0.1, 0.15) is 63.5 Å². The highest BCUT2D eigenvalue weighted by atomic mass is 32.2. The standard InChI is InChI=1S/C59H73N3O26S5/c1-58(20-10-36-89(66,67)68)51(60(22-26-81-3)47-15-13-43-45(56(47)58)37-41(90(69,70)71)39-49(43)92(75,76)77)11-8-6-5-7-9-12-52-59(2,21-25-84-31-33-87-35-34-86-29-28-82-4)57-46-38-42(91(72,73)74)40-50(93(78,79)80)44(46)14-16-48(57)61(52)23-27-85-32-30-83-24-19-55(65)88-62-53(63)17-18-54(62)64/h5-9,11-16,37-40H,10,17-36H2,1-4H3,(H4-,66,67,68,69,70,71,72,73,74,75,76,77,78,79,80)/p-4. The van der Waals surface area contributed by atoms with E-state index in [-0.39, 0.29) is 138 Å². The van der Waals surface area contributed by atoms with Crippen LogP contribution in [-0.4, -0.2) is 210 Å². The number of carbonyl (C=O) groups excluding carboxylic acids is 3. The minimum atomic E-state index is -5.42. The zero-order valence-corrected chi connectivity index (χ0v) is 55.1. The van der Waals surface area contributed by atoms with Gasteiger partial charge >= 0.3 is 5.97 Å². The van der Waals surface area contributed by atoms with Crippen molar-refractivity contribution in [2.45, 2.75) is 82.8 Å². The molecule has 4 aromatic rings. The fourth-order valence-electron chi connectivity index (χ4n) is 11.4. The van der Waals surface area contributed by atoms with Crippen LogP contribution in [0.15, 0.2) is 116 Å². The molecule has 3 aliphatic rings. The summed E-state index contributed by atoms with van der Waals surface area (Å²) in [5, 5.41) is -0.119. The number of hydrogen-bond donors (Lipinski definition) is 0. The van der Waals surface area contributed by atoms with Crippen LogP contribution in [0.25, 0.3) is 21.5 Å². The smallest absolute Gasteiger partial charge is 0.335 e. The van der Waals surface area contributed by atoms with Gasteiger partial charge in [0.25, 0.3) is 11.8 Å². The third kappa shape index (κ3) is 18.6. The molecule has 7 rings (SSSR count). The predicted molar refractivity (Wildman–Crippen MR) is 325 cm³/mol. The number of amides is 2. The number of fused-ring (bicyclic) bond motifs is 6. The van der Waals surface area contributed by atoms with Crippen molar-refractivity contribution in [3.63, 3.8) is 0 Å². The highest BCUT2D eigenvalue weighted by Crippen LogP contribution is 2.54. The number of anilines is 1. The van der Waals surface area contributed by atoms with Gasteiger partial charge < -0.3 is 65.7 Å². The lowest BCUT2D eigenvalue weighted by atomic mass is 9.74. The van der Waals surface area contributed by atoms with Crippen molar-refractivity contribution in [2.75, 3.05) is 117 Å². The van der Waals surface area contributed by atoms with E-state index < -0.39 is 105 Å². The molecule has 2 amide bonds. The first kappa shape index (κ1) is 74.1. The Bertz CT molecular complexity index is 4210. The Morgan fingerprint density at radius 1 is 0.559 bits per heavy atom. The highest BCUT2D eigenvalue weighted by Gasteiger charge is 2.49. The molecule has 0 aromatic heterocycles. The van der Waals surface area contributed by atoms with E-state index in [1.165, 1.54) is 25.3 Å². The molecule has 2 unspecified atom stereocenters. The first-order valence-corrected chi connectivity index (χ1v) is 36.0. The summed E-state index contributed by atoms with van der Waals surface area (Å²) in [5.41, 5.74) is -0.393. The van der Waals surface area contributed by atoms with Gasteiger partial charge in [-0.05, 0) is 97.3 Å². The van der Waals surface area contributed by atoms with Crippen LogP contribution < -0.4 is 4.90 Å². The summed E-state index contributed by atoms with van der Waals surface area (Å²) in [7, 11) is -23.4. The maximum absolute atomic E-state index is 12.9. The molecule has 0 N–H and O–H groups in total. The molecule has 510 valence electrons. The lowest BCUT2D eigenvalue weighted by Gasteiger charge is -2.31. The first-order chi connectivity index (χ1) is 43.8. The zero-order chi connectivity index (χ0) is 68.2. The van der Waals surface area contributed by atoms with Crippen molar-refractivity contribution in [2.24, 2.45) is 0 Å². The molecule has 29 nitrogen and oxygen atoms in total. The maximum atomic E-state index is 12.9. The topological polar surface area (TPSA) is 421 Å². The van der Waals surface area contributed by atoms with Crippen molar-refractivity contribution in [3.05, 3.63) is 108 Å². The van der Waals surface area contributed by atoms with Crippen LogP contribution in [0.4, 0.5) is 11.4 Å². The van der Waals surface area contributed by atoms with Crippen molar-refractivity contribution < 1.29 is 122 Å². The lowest BCUT2D eigenvalue weighted by molar-refractivity contribution is -0.441. The third-order valence-corrected chi connectivity index (χ3v) is 19.7. The second-order valence-corrected chi connectivity index (χ2v) is 28.7. The van der Waals surface area contributed by atoms with Gasteiger partial charge in [-0.25, -0.2) is 46.9 Å². The summed E-state index contributed by atoms with van der Waals surface area (Å²) in [6, 6.07) is 8.60. The van der Waals surface area contributed by atoms with Crippen molar-refractivity contribution in [3.8, 4) is 0 Å². The summed E-state index contributed by atoms with van der Waals surface area (Å²) in [4.78, 5) is 38.8. The summed E-state index contributed by atoms with van der Waals surface area (Å²) < 4.78 is 229. The van der Waals surface area contributed by atoms with E-state index in [1.54, 1.807) is 74.1 Å². The normalized spacial score (nSPS) is 18.7. The Morgan fingerprint density at radius 2 is 1.06 bits per heavy atom. The Morgan fingerprint density at radius 3 is 1.61 bits per heavy atom. The first-order valence-electron chi connectivity index (χ1n) is 28.8. The molecule has 0 aliphatic carbocycles. The van der Waals surface area contributed by atoms with Crippen LogP contribution in [0.2, 0.25) is 0 Å². The number of methoxy groups -OCH3 is 2. The predicted octanol–water partition coefficient (Wildman–Crippen LogP) is 3.38. The summed E-state index contributed by atoms with van der Waals surface area (Å²) in [6.07, 6.45) is 10.7. The van der Waals surface area contributed by atoms with E-state index in [1.807, 2.05) is 4.90 Å². The second kappa shape index (κ2) is 31.5. The van der Waals surface area contributed by atoms with Crippen LogP contribution in [-0.2, 0) is 114 Å². The van der Waals surface area contributed by atoms with Crippen molar-refractivity contribution >= 4 is 107 Å². The number of nitrogens with zero attached hydrogens (tertiary/aromatic N) is 3. The number of carbonyl (C=O) groups is 3. The Balaban J connectivity index is 1.25. The van der Waals surface area contributed by atoms with Gasteiger partial charge in [0.2, 0.25) is 5.69 Å². The number of allylic oxidation sites excluding steroid dienone is 8. The SMILES string of the molecule is COCCOCCOCCOCCC1(C)\C(=C/C=C/C=C/C=C/C2=[N+](CCOC)c3ccc4c(S(=O)(=O)[O-])cc(S(=O)(=O)[O-])cc4c3C2(C)CCCS(=O)(=O)[O-])N(CCOCCOCCC(=O)ON2C(=O)CCC2=O)c2ccc3c(S(=O)(=O)[O-])cc(S(=O)(=O)[O-])cc3c21. The van der Waals surface area contributed by atoms with Crippen molar-refractivity contribution in [1.29, 1.82) is 0 Å². The van der Waals surface area contributed by atoms with Gasteiger partial charge in [0.15, 0.2) is 12.3 Å². The molecule has 4 aromatic carbocycles. The zero-order valence-electron chi connectivity index (χ0n) is 51.0. The van der Waals surface area contributed by atoms with Gasteiger partial charge in [0.1, 0.15) is 47.1 Å². The van der Waals surface area contributed by atoms with E-state index in [9.17, 15) is 79.2 Å². The number of ether oxygens (including phenoxy) is 7. The van der Waals surface area contributed by atoms with E-state index in [0.29, 0.717) is 65.4 Å². The van der Waals surface area contributed by atoms with Gasteiger partial charge in [0.05, 0.1) is 108 Å². The molecule has 0 saturated carbocycles. The van der Waals surface area contributed by atoms with Gasteiger partial charge in [-0.3, -0.25) is 9.59 Å². The van der Waals surface area contributed by atoms with Crippen LogP contribution in [0, 0.1) is 0 Å². The second-order valence-electron chi connectivity index (χ2n) is 21.8. The fraction of sp³-hybridized carbons (Fsp3) is 0.458. The summed E-state index contributed by atoms with van der Waals surface area (Å²) in [5.74, 6) is -2.97. The number of rotatable bonds is 37. The molecule has 34 heteroatoms. The van der Waals surface area contributed by atoms with E-state index in [2.05, 4.69) is 0 Å². The van der Waals surface area contributed by atoms with E-state index in [0.717, 1.165) is 12.1 Å². The van der Waals surface area contributed by atoms with Gasteiger partial charge in [0, 0.05) is 85.9 Å². The van der Waals surface area contributed by atoms with Gasteiger partial charge in [-0.15, -0.1) is 5.06 Å². The van der Waals surface area contributed by atoms with Crippen LogP contribution >= 0.6 is 0 Å². The molecule has 1 saturated heterocycles. The summed E-state index contributed by atoms with van der Waals surface area (Å²) >= 11 is 0. The Labute approximate surface area is 538 Å². The van der Waals surface area contributed by atoms with Gasteiger partial charge in [-0.2, -0.15) is 4.58 Å². The monoisotopic (exact) mass is 1400 g/mol. The largest absolute Gasteiger partial charge is 0.748 e. The lowest BCUT2D eigenvalue weighted by Crippen LogP contribution is -2.32. The Kier molecular flexibility index (Phi) is 25.1. The van der Waals surface area contributed by atoms with E-state index >= 15 is 0 Å². The average Bonchev–Trinajstić information content (AvgIpc) is 1.60. The molecule has 2 atom stereocenters. The molecule has 3 heterocycles. The molecular weight excluding hydrogens is 1330 g/mol. The maximum Gasteiger partial charge on any atom is 0.335 e. The molecule has 3 aliphatic heterocycles. The molecule has 0 spiro atoms. The highest BCUT2D eigenvalue weighted by molar-refractivity contribution is 7.87. The number of benzene rings is 4. The molecular formula is C59H69N3O26S5-4. The molecule has 93 heavy (non-hydrogen) atoms. The van der Waals surface area contributed by atoms with Crippen LogP contribution in [0.5, 0.6) is 0 Å². The van der Waals surface area contributed by atoms with Crippen molar-refractivity contribution in [1.82, 2.24) is 5.06 Å². The molecule has 1 fully saturated rings. The molecule has 0 bridgehead atoms. The summed E-state index contributed by atoms with van der Waals surface area (Å²) in [6.45, 7) is 5.06. The average molecular weight is 1400 g/mol. The molecule has 0 radical (unpaired) electrons. The third-order valence-electron chi connectivity index (χ3n) is 15.6. The van der Waals surface area contributed by atoms with Crippen LogP contribution in [0.3, 0.4) is 0 Å². The minimum absolute atomic E-state index is 0.0116. The Hall–Kier alpha value is -6.29. The minimum Gasteiger partial charge on any atom is -0.748 e. The number of hydrogen-bond acceptors (Lipinski definition) is 27. The number of hydroxylamine groups is 2. The van der Waals surface area contributed by atoms with Gasteiger partial charge in [-0.1, -0.05) is 36.4 Å². The van der Waals surface area contributed by atoms with E-state index in [4.69, 9.17) is 38.0 Å². The quantitative estimate of drug-likeness (QED) is 0.0205. The number of imide groups is 1.